The Morgan fingerprint density at radius 3 is 2.24 bits per heavy atom. The second-order valence-corrected chi connectivity index (χ2v) is 5.24. The number of esters is 2. The summed E-state index contributed by atoms with van der Waals surface area (Å²) < 4.78 is 37.1. The van der Waals surface area contributed by atoms with Crippen LogP contribution in [0.1, 0.15) is 48.4 Å². The zero-order valence-corrected chi connectivity index (χ0v) is 12.3. The predicted octanol–water partition coefficient (Wildman–Crippen LogP) is 2.68. The Morgan fingerprint density at radius 1 is 1.19 bits per heavy atom. The molecule has 5 nitrogen and oxygen atoms in total. The maximum Gasteiger partial charge on any atom is 0.342 e. The summed E-state index contributed by atoms with van der Waals surface area (Å²) in [7, 11) is 0. The molecule has 21 heavy (non-hydrogen) atoms. The maximum absolute atomic E-state index is 13.9. The van der Waals surface area contributed by atoms with Gasteiger partial charge < -0.3 is 15.2 Å². The summed E-state index contributed by atoms with van der Waals surface area (Å²) >= 11 is 0. The molecule has 0 radical (unpaired) electrons. The normalized spacial score (nSPS) is 11.1. The fourth-order valence-electron chi connectivity index (χ4n) is 1.54. The Labute approximate surface area is 121 Å². The summed E-state index contributed by atoms with van der Waals surface area (Å²) in [5, 5.41) is 0. The zero-order chi connectivity index (χ0) is 16.4. The van der Waals surface area contributed by atoms with E-state index in [-0.39, 0.29) is 6.61 Å². The van der Waals surface area contributed by atoms with Gasteiger partial charge in [-0.1, -0.05) is 0 Å². The molecule has 116 valence electrons. The van der Waals surface area contributed by atoms with E-state index in [9.17, 15) is 18.4 Å². The Balaban J connectivity index is 3.42. The quantitative estimate of drug-likeness (QED) is 0.686. The number of rotatable bonds is 3. The van der Waals surface area contributed by atoms with E-state index in [0.29, 0.717) is 0 Å². The van der Waals surface area contributed by atoms with Crippen molar-refractivity contribution < 1.29 is 27.8 Å². The van der Waals surface area contributed by atoms with E-state index < -0.39 is 46.0 Å². The van der Waals surface area contributed by atoms with Crippen molar-refractivity contribution in [2.75, 3.05) is 12.3 Å². The van der Waals surface area contributed by atoms with Crippen LogP contribution in [0.5, 0.6) is 0 Å². The number of carbonyl (C=O) groups excluding carboxylic acids is 2. The van der Waals surface area contributed by atoms with Gasteiger partial charge in [-0.3, -0.25) is 0 Å². The van der Waals surface area contributed by atoms with Crippen LogP contribution in [0.4, 0.5) is 14.5 Å². The molecule has 0 aliphatic rings. The second-order valence-electron chi connectivity index (χ2n) is 5.24. The van der Waals surface area contributed by atoms with Crippen molar-refractivity contribution in [3.8, 4) is 0 Å². The molecular weight excluding hydrogens is 284 g/mol. The Morgan fingerprint density at radius 2 is 1.76 bits per heavy atom. The van der Waals surface area contributed by atoms with Gasteiger partial charge in [0.1, 0.15) is 11.2 Å². The third kappa shape index (κ3) is 3.90. The smallest absolute Gasteiger partial charge is 0.342 e. The van der Waals surface area contributed by atoms with Gasteiger partial charge in [0.05, 0.1) is 17.9 Å². The number of ether oxygens (including phenoxy) is 2. The summed E-state index contributed by atoms with van der Waals surface area (Å²) in [4.78, 5) is 23.8. The Bertz CT molecular complexity index is 579. The van der Waals surface area contributed by atoms with Crippen LogP contribution in [0.3, 0.4) is 0 Å². The number of nitrogen functional groups attached to an aromatic ring is 1. The first-order chi connectivity index (χ1) is 9.58. The number of anilines is 1. The van der Waals surface area contributed by atoms with Gasteiger partial charge in [0.2, 0.25) is 0 Å². The Kier molecular flexibility index (Phi) is 4.88. The molecule has 0 atom stereocenters. The van der Waals surface area contributed by atoms with Crippen LogP contribution in [-0.4, -0.2) is 24.1 Å². The predicted molar refractivity (Wildman–Crippen MR) is 71.9 cm³/mol. The van der Waals surface area contributed by atoms with Crippen LogP contribution in [0.25, 0.3) is 0 Å². The highest BCUT2D eigenvalue weighted by atomic mass is 19.2. The average molecular weight is 301 g/mol. The van der Waals surface area contributed by atoms with Crippen molar-refractivity contribution in [2.45, 2.75) is 33.3 Å². The topological polar surface area (TPSA) is 78.6 Å². The lowest BCUT2D eigenvalue weighted by Crippen LogP contribution is -2.26. The van der Waals surface area contributed by atoms with E-state index in [2.05, 4.69) is 4.74 Å². The van der Waals surface area contributed by atoms with Gasteiger partial charge in [-0.05, 0) is 33.8 Å². The molecule has 0 spiro atoms. The number of hydrogen-bond acceptors (Lipinski definition) is 5. The summed E-state index contributed by atoms with van der Waals surface area (Å²) in [6.45, 7) is 6.23. The summed E-state index contributed by atoms with van der Waals surface area (Å²) in [5.74, 6) is -5.09. The molecule has 1 aromatic carbocycles. The summed E-state index contributed by atoms with van der Waals surface area (Å²) in [6, 6.07) is 0.860. The molecular formula is C14H17F2NO4. The molecule has 0 fully saturated rings. The van der Waals surface area contributed by atoms with Crippen LogP contribution in [0.2, 0.25) is 0 Å². The average Bonchev–Trinajstić information content (AvgIpc) is 2.33. The molecule has 0 aromatic heterocycles. The first kappa shape index (κ1) is 16.9. The van der Waals surface area contributed by atoms with E-state index in [1.54, 1.807) is 20.8 Å². The molecule has 0 amide bonds. The maximum atomic E-state index is 13.9. The number of carbonyl (C=O) groups is 2. The highest BCUT2D eigenvalue weighted by molar-refractivity contribution is 6.04. The lowest BCUT2D eigenvalue weighted by atomic mass is 10.0. The molecule has 0 bridgehead atoms. The SMILES string of the molecule is CCOC(=O)c1c(C(=O)OC(C)(C)C)cc(N)c(F)c1F. The monoisotopic (exact) mass is 301 g/mol. The van der Waals surface area contributed by atoms with Crippen LogP contribution in [0.15, 0.2) is 6.07 Å². The van der Waals surface area contributed by atoms with Crippen LogP contribution >= 0.6 is 0 Å². The summed E-state index contributed by atoms with van der Waals surface area (Å²) in [5.41, 5.74) is 2.53. The molecule has 0 aliphatic heterocycles. The number of hydrogen-bond donors (Lipinski definition) is 1. The highest BCUT2D eigenvalue weighted by Crippen LogP contribution is 2.25. The molecule has 1 rings (SSSR count). The van der Waals surface area contributed by atoms with Gasteiger partial charge in [-0.2, -0.15) is 0 Å². The molecule has 2 N–H and O–H groups in total. The molecule has 0 aliphatic carbocycles. The molecule has 7 heteroatoms. The van der Waals surface area contributed by atoms with E-state index >= 15 is 0 Å². The molecule has 0 saturated carbocycles. The second kappa shape index (κ2) is 6.07. The van der Waals surface area contributed by atoms with Gasteiger partial charge in [0.25, 0.3) is 0 Å². The van der Waals surface area contributed by atoms with Crippen LogP contribution < -0.4 is 5.73 Å². The Hall–Kier alpha value is -2.18. The lowest BCUT2D eigenvalue weighted by Gasteiger charge is -2.20. The number of nitrogens with two attached hydrogens (primary N) is 1. The standard InChI is InChI=1S/C14H17F2NO4/c1-5-20-13(19)9-7(12(18)21-14(2,3)4)6-8(17)10(15)11(9)16/h6H,5,17H2,1-4H3. The zero-order valence-electron chi connectivity index (χ0n) is 12.3. The van der Waals surface area contributed by atoms with Crippen molar-refractivity contribution in [1.29, 1.82) is 0 Å². The minimum Gasteiger partial charge on any atom is -0.462 e. The van der Waals surface area contributed by atoms with E-state index in [0.717, 1.165) is 6.07 Å². The van der Waals surface area contributed by atoms with Crippen molar-refractivity contribution in [1.82, 2.24) is 0 Å². The van der Waals surface area contributed by atoms with Crippen molar-refractivity contribution in [2.24, 2.45) is 0 Å². The molecule has 0 saturated heterocycles. The van der Waals surface area contributed by atoms with Crippen molar-refractivity contribution in [3.63, 3.8) is 0 Å². The van der Waals surface area contributed by atoms with E-state index in [1.165, 1.54) is 6.92 Å². The fourth-order valence-corrected chi connectivity index (χ4v) is 1.54. The minimum atomic E-state index is -1.53. The number of halogens is 2. The molecule has 0 heterocycles. The minimum absolute atomic E-state index is 0.0575. The van der Waals surface area contributed by atoms with Gasteiger partial charge in [-0.25, -0.2) is 18.4 Å². The first-order valence-electron chi connectivity index (χ1n) is 6.26. The first-order valence-corrected chi connectivity index (χ1v) is 6.26. The van der Waals surface area contributed by atoms with Crippen molar-refractivity contribution >= 4 is 17.6 Å². The summed E-state index contributed by atoms with van der Waals surface area (Å²) in [6.07, 6.45) is 0. The third-order valence-corrected chi connectivity index (χ3v) is 2.33. The van der Waals surface area contributed by atoms with E-state index in [1.807, 2.05) is 0 Å². The fraction of sp³-hybridized carbons (Fsp3) is 0.429. The highest BCUT2D eigenvalue weighted by Gasteiger charge is 2.30. The van der Waals surface area contributed by atoms with Crippen LogP contribution in [0, 0.1) is 11.6 Å². The van der Waals surface area contributed by atoms with Gasteiger partial charge in [0.15, 0.2) is 11.6 Å². The van der Waals surface area contributed by atoms with Gasteiger partial charge in [-0.15, -0.1) is 0 Å². The van der Waals surface area contributed by atoms with Crippen LogP contribution in [-0.2, 0) is 9.47 Å². The third-order valence-electron chi connectivity index (χ3n) is 2.33. The lowest BCUT2D eigenvalue weighted by molar-refractivity contribution is 0.00633. The van der Waals surface area contributed by atoms with Gasteiger partial charge >= 0.3 is 11.9 Å². The number of benzene rings is 1. The largest absolute Gasteiger partial charge is 0.462 e. The van der Waals surface area contributed by atoms with E-state index in [4.69, 9.17) is 10.5 Å². The molecule has 0 unspecified atom stereocenters. The van der Waals surface area contributed by atoms with Gasteiger partial charge in [0, 0.05) is 0 Å². The molecule has 1 aromatic rings. The van der Waals surface area contributed by atoms with Crippen molar-refractivity contribution in [3.05, 3.63) is 28.8 Å².